The summed E-state index contributed by atoms with van der Waals surface area (Å²) >= 11 is 0. The van der Waals surface area contributed by atoms with Crippen LogP contribution in [0.4, 0.5) is 0 Å². The Labute approximate surface area is 138 Å². The Morgan fingerprint density at radius 1 is 1.00 bits per heavy atom. The first-order valence-electron chi connectivity index (χ1n) is 8.23. The fourth-order valence-electron chi connectivity index (χ4n) is 3.27. The molecule has 0 amide bonds. The van der Waals surface area contributed by atoms with Crippen LogP contribution in [-0.2, 0) is 4.79 Å². The molecule has 0 spiro atoms. The van der Waals surface area contributed by atoms with Crippen LogP contribution in [0, 0.1) is 11.3 Å². The molecule has 0 saturated heterocycles. The molecule has 0 aliphatic carbocycles. The van der Waals surface area contributed by atoms with Crippen LogP contribution in [0.2, 0.25) is 0 Å². The molecule has 0 N–H and O–H groups in total. The van der Waals surface area contributed by atoms with Crippen LogP contribution in [-0.4, -0.2) is 18.5 Å². The number of carbonyl (C=O) groups excluding carboxylic acids is 1. The highest BCUT2D eigenvalue weighted by Gasteiger charge is 2.27. The molecule has 2 heteroatoms. The molecule has 3 rings (SSSR count). The molecular weight excluding hydrogens is 282 g/mol. The van der Waals surface area contributed by atoms with Gasteiger partial charge in [0.1, 0.15) is 6.29 Å². The monoisotopic (exact) mass is 305 g/mol. The van der Waals surface area contributed by atoms with Gasteiger partial charge in [-0.15, -0.1) is 0 Å². The topological polar surface area (TPSA) is 29.4 Å². The number of aldehydes is 1. The molecule has 0 radical (unpaired) electrons. The zero-order chi connectivity index (χ0) is 16.3. The predicted molar refractivity (Wildman–Crippen MR) is 95.9 cm³/mol. The summed E-state index contributed by atoms with van der Waals surface area (Å²) in [5.74, 6) is 0.485. The van der Waals surface area contributed by atoms with Gasteiger partial charge in [-0.1, -0.05) is 68.4 Å². The number of rotatable bonds is 5. The third-order valence-corrected chi connectivity index (χ3v) is 4.48. The Morgan fingerprint density at radius 3 is 2.26 bits per heavy atom. The van der Waals surface area contributed by atoms with Gasteiger partial charge in [0, 0.05) is 17.7 Å². The first-order chi connectivity index (χ1) is 11.1. The van der Waals surface area contributed by atoms with E-state index in [9.17, 15) is 4.79 Å². The van der Waals surface area contributed by atoms with Crippen molar-refractivity contribution in [1.29, 1.82) is 0 Å². The van der Waals surface area contributed by atoms with Crippen LogP contribution in [0.3, 0.4) is 0 Å². The van der Waals surface area contributed by atoms with E-state index in [0.717, 1.165) is 25.7 Å². The van der Waals surface area contributed by atoms with Crippen molar-refractivity contribution in [3.63, 3.8) is 0 Å². The third kappa shape index (κ3) is 3.76. The standard InChI is InChI=1S/C21H23NO/c1-21(2,15-23)13-16-12-20(22-14-16)19-10-8-18(9-11-19)17-6-4-3-5-7-17/h3-11,15-16H,12-14H2,1-2H3. The average molecular weight is 305 g/mol. The molecule has 1 aliphatic heterocycles. The SMILES string of the molecule is CC(C)(C=O)CC1CN=C(c2ccc(-c3ccccc3)cc2)C1. The second-order valence-electron chi connectivity index (χ2n) is 7.11. The minimum Gasteiger partial charge on any atom is -0.303 e. The molecule has 1 heterocycles. The number of nitrogens with zero attached hydrogens (tertiary/aromatic N) is 1. The van der Waals surface area contributed by atoms with Gasteiger partial charge in [-0.05, 0) is 35.4 Å². The van der Waals surface area contributed by atoms with Crippen molar-refractivity contribution in [2.45, 2.75) is 26.7 Å². The Balaban J connectivity index is 1.68. The summed E-state index contributed by atoms with van der Waals surface area (Å²) in [6, 6.07) is 19.0. The smallest absolute Gasteiger partial charge is 0.125 e. The summed E-state index contributed by atoms with van der Waals surface area (Å²) in [5, 5.41) is 0. The summed E-state index contributed by atoms with van der Waals surface area (Å²) in [5.41, 5.74) is 4.60. The molecule has 1 aliphatic rings. The van der Waals surface area contributed by atoms with E-state index in [0.29, 0.717) is 5.92 Å². The summed E-state index contributed by atoms with van der Waals surface area (Å²) in [6.45, 7) is 4.85. The second kappa shape index (κ2) is 6.49. The maximum Gasteiger partial charge on any atom is 0.125 e. The molecule has 0 bridgehead atoms. The molecule has 2 aromatic carbocycles. The maximum atomic E-state index is 11.1. The van der Waals surface area contributed by atoms with E-state index in [1.807, 2.05) is 19.9 Å². The normalized spacial score (nSPS) is 17.8. The zero-order valence-electron chi connectivity index (χ0n) is 13.8. The van der Waals surface area contributed by atoms with Gasteiger partial charge in [0.2, 0.25) is 0 Å². The molecule has 23 heavy (non-hydrogen) atoms. The van der Waals surface area contributed by atoms with Gasteiger partial charge in [0.05, 0.1) is 0 Å². The van der Waals surface area contributed by atoms with Crippen molar-refractivity contribution in [2.75, 3.05) is 6.54 Å². The third-order valence-electron chi connectivity index (χ3n) is 4.48. The molecule has 2 aromatic rings. The zero-order valence-corrected chi connectivity index (χ0v) is 13.8. The lowest BCUT2D eigenvalue weighted by Crippen LogP contribution is -2.19. The Hall–Kier alpha value is -2.22. The van der Waals surface area contributed by atoms with Crippen molar-refractivity contribution in [2.24, 2.45) is 16.3 Å². The Kier molecular flexibility index (Phi) is 4.42. The van der Waals surface area contributed by atoms with Crippen molar-refractivity contribution >= 4 is 12.0 Å². The lowest BCUT2D eigenvalue weighted by Gasteiger charge is -2.20. The highest BCUT2D eigenvalue weighted by Crippen LogP contribution is 2.30. The van der Waals surface area contributed by atoms with Crippen molar-refractivity contribution in [3.05, 3.63) is 60.2 Å². The van der Waals surface area contributed by atoms with E-state index in [2.05, 4.69) is 48.5 Å². The first kappa shape index (κ1) is 15.7. The minimum atomic E-state index is -0.243. The van der Waals surface area contributed by atoms with Crippen LogP contribution in [0.15, 0.2) is 59.6 Å². The van der Waals surface area contributed by atoms with E-state index in [-0.39, 0.29) is 5.41 Å². The number of benzene rings is 2. The van der Waals surface area contributed by atoms with Crippen LogP contribution in [0.25, 0.3) is 11.1 Å². The van der Waals surface area contributed by atoms with Crippen molar-refractivity contribution in [1.82, 2.24) is 0 Å². The molecular formula is C21H23NO. The highest BCUT2D eigenvalue weighted by atomic mass is 16.1. The van der Waals surface area contributed by atoms with Gasteiger partial charge in [0.25, 0.3) is 0 Å². The van der Waals surface area contributed by atoms with Crippen molar-refractivity contribution < 1.29 is 4.79 Å². The maximum absolute atomic E-state index is 11.1. The minimum absolute atomic E-state index is 0.243. The molecule has 1 atom stereocenters. The summed E-state index contributed by atoms with van der Waals surface area (Å²) in [7, 11) is 0. The lowest BCUT2D eigenvalue weighted by molar-refractivity contribution is -0.115. The molecule has 0 aromatic heterocycles. The predicted octanol–water partition coefficient (Wildman–Crippen LogP) is 4.78. The lowest BCUT2D eigenvalue weighted by atomic mass is 9.82. The van der Waals surface area contributed by atoms with Crippen LogP contribution in [0.5, 0.6) is 0 Å². The van der Waals surface area contributed by atoms with Crippen LogP contribution >= 0.6 is 0 Å². The Morgan fingerprint density at radius 2 is 1.61 bits per heavy atom. The summed E-state index contributed by atoms with van der Waals surface area (Å²) in [6.07, 6.45) is 2.95. The van der Waals surface area contributed by atoms with E-state index < -0.39 is 0 Å². The van der Waals surface area contributed by atoms with E-state index in [1.54, 1.807) is 0 Å². The van der Waals surface area contributed by atoms with Gasteiger partial charge in [0.15, 0.2) is 0 Å². The molecule has 2 nitrogen and oxygen atoms in total. The Bertz CT molecular complexity index is 698. The molecule has 0 saturated carbocycles. The average Bonchev–Trinajstić information content (AvgIpc) is 3.03. The van der Waals surface area contributed by atoms with E-state index >= 15 is 0 Å². The van der Waals surface area contributed by atoms with Gasteiger partial charge in [-0.3, -0.25) is 4.99 Å². The number of carbonyl (C=O) groups is 1. The largest absolute Gasteiger partial charge is 0.303 e. The number of hydrogen-bond acceptors (Lipinski definition) is 2. The molecule has 1 unspecified atom stereocenters. The van der Waals surface area contributed by atoms with Crippen molar-refractivity contribution in [3.8, 4) is 11.1 Å². The van der Waals surface area contributed by atoms with E-state index in [4.69, 9.17) is 4.99 Å². The molecule has 118 valence electrons. The van der Waals surface area contributed by atoms with Crippen LogP contribution < -0.4 is 0 Å². The highest BCUT2D eigenvalue weighted by molar-refractivity contribution is 6.02. The number of hydrogen-bond donors (Lipinski definition) is 0. The van der Waals surface area contributed by atoms with Gasteiger partial charge in [-0.25, -0.2) is 0 Å². The van der Waals surface area contributed by atoms with Gasteiger partial charge >= 0.3 is 0 Å². The quantitative estimate of drug-likeness (QED) is 0.731. The van der Waals surface area contributed by atoms with Crippen LogP contribution in [0.1, 0.15) is 32.3 Å². The number of aliphatic imine (C=N–C) groups is 1. The fraction of sp³-hybridized carbons (Fsp3) is 0.333. The summed E-state index contributed by atoms with van der Waals surface area (Å²) in [4.78, 5) is 15.8. The summed E-state index contributed by atoms with van der Waals surface area (Å²) < 4.78 is 0. The van der Waals surface area contributed by atoms with Gasteiger partial charge < -0.3 is 4.79 Å². The molecule has 0 fully saturated rings. The van der Waals surface area contributed by atoms with Gasteiger partial charge in [-0.2, -0.15) is 0 Å². The second-order valence-corrected chi connectivity index (χ2v) is 7.11. The fourth-order valence-corrected chi connectivity index (χ4v) is 3.27. The first-order valence-corrected chi connectivity index (χ1v) is 8.23. The van der Waals surface area contributed by atoms with E-state index in [1.165, 1.54) is 22.4 Å².